The summed E-state index contributed by atoms with van der Waals surface area (Å²) in [5.74, 6) is 0. The fourth-order valence-corrected chi connectivity index (χ4v) is 1.75. The van der Waals surface area contributed by atoms with Crippen LogP contribution in [0.15, 0.2) is 24.3 Å². The second-order valence-electron chi connectivity index (χ2n) is 3.92. The van der Waals surface area contributed by atoms with Crippen molar-refractivity contribution in [3.63, 3.8) is 0 Å². The van der Waals surface area contributed by atoms with E-state index >= 15 is 0 Å². The van der Waals surface area contributed by atoms with Gasteiger partial charge in [-0.25, -0.2) is 0 Å². The number of aromatic nitrogens is 2. The normalized spacial score (nSPS) is 9.94. The summed E-state index contributed by atoms with van der Waals surface area (Å²) < 4.78 is 0. The molecule has 1 aromatic heterocycles. The van der Waals surface area contributed by atoms with E-state index in [1.807, 2.05) is 32.0 Å². The van der Waals surface area contributed by atoms with E-state index in [0.717, 1.165) is 22.6 Å². The molecule has 0 atom stereocenters. The summed E-state index contributed by atoms with van der Waals surface area (Å²) in [7, 11) is 0. The van der Waals surface area contributed by atoms with Crippen LogP contribution in [0.25, 0.3) is 0 Å². The Morgan fingerprint density at radius 2 is 2.12 bits per heavy atom. The predicted molar refractivity (Wildman–Crippen MR) is 66.5 cm³/mol. The van der Waals surface area contributed by atoms with Crippen LogP contribution in [-0.2, 0) is 6.54 Å². The van der Waals surface area contributed by atoms with Gasteiger partial charge in [-0.15, -0.1) is 0 Å². The van der Waals surface area contributed by atoms with Gasteiger partial charge in [-0.2, -0.15) is 10.4 Å². The van der Waals surface area contributed by atoms with Crippen LogP contribution in [0.3, 0.4) is 0 Å². The van der Waals surface area contributed by atoms with Crippen LogP contribution in [0.5, 0.6) is 0 Å². The number of anilines is 1. The average molecular weight is 226 g/mol. The molecule has 2 N–H and O–H groups in total. The van der Waals surface area contributed by atoms with Gasteiger partial charge >= 0.3 is 0 Å². The maximum Gasteiger partial charge on any atom is 0.101 e. The fourth-order valence-electron chi connectivity index (χ4n) is 1.75. The molecule has 17 heavy (non-hydrogen) atoms. The molecule has 2 aromatic rings. The van der Waals surface area contributed by atoms with E-state index < -0.39 is 0 Å². The number of benzene rings is 1. The molecule has 0 radical (unpaired) electrons. The monoisotopic (exact) mass is 226 g/mol. The first-order chi connectivity index (χ1) is 8.22. The van der Waals surface area contributed by atoms with Crippen molar-refractivity contribution in [3.05, 3.63) is 46.8 Å². The summed E-state index contributed by atoms with van der Waals surface area (Å²) in [6.07, 6.45) is 0. The molecule has 0 saturated heterocycles. The van der Waals surface area contributed by atoms with Gasteiger partial charge in [0.2, 0.25) is 0 Å². The number of aryl methyl sites for hydroxylation is 2. The van der Waals surface area contributed by atoms with Gasteiger partial charge in [0.05, 0.1) is 16.9 Å². The third-order valence-corrected chi connectivity index (χ3v) is 2.78. The highest BCUT2D eigenvalue weighted by molar-refractivity contribution is 5.57. The number of nitrogens with zero attached hydrogens (tertiary/aromatic N) is 2. The molecule has 0 spiro atoms. The van der Waals surface area contributed by atoms with E-state index in [1.54, 1.807) is 6.07 Å². The Morgan fingerprint density at radius 1 is 1.35 bits per heavy atom. The Hall–Kier alpha value is -2.28. The fraction of sp³-hybridized carbons (Fsp3) is 0.231. The number of nitriles is 1. The third-order valence-electron chi connectivity index (χ3n) is 2.78. The Labute approximate surface area is 100 Å². The van der Waals surface area contributed by atoms with Crippen LogP contribution in [-0.4, -0.2) is 10.2 Å². The predicted octanol–water partition coefficient (Wildman–Crippen LogP) is 2.51. The van der Waals surface area contributed by atoms with E-state index in [0.29, 0.717) is 12.1 Å². The molecule has 4 nitrogen and oxygen atoms in total. The summed E-state index contributed by atoms with van der Waals surface area (Å²) in [6, 6.07) is 9.65. The maximum absolute atomic E-state index is 8.98. The van der Waals surface area contributed by atoms with Crippen LogP contribution >= 0.6 is 0 Å². The molecule has 0 saturated carbocycles. The lowest BCUT2D eigenvalue weighted by Crippen LogP contribution is -2.02. The number of para-hydroxylation sites is 1. The zero-order valence-electron chi connectivity index (χ0n) is 9.91. The van der Waals surface area contributed by atoms with Crippen molar-refractivity contribution in [2.75, 3.05) is 5.32 Å². The molecule has 1 aromatic carbocycles. The molecule has 0 aliphatic carbocycles. The summed E-state index contributed by atoms with van der Waals surface area (Å²) in [4.78, 5) is 0. The van der Waals surface area contributed by atoms with Gasteiger partial charge in [-0.1, -0.05) is 12.1 Å². The summed E-state index contributed by atoms with van der Waals surface area (Å²) >= 11 is 0. The first kappa shape index (κ1) is 11.2. The highest BCUT2D eigenvalue weighted by Crippen LogP contribution is 2.16. The summed E-state index contributed by atoms with van der Waals surface area (Å²) in [5.41, 5.74) is 4.72. The minimum atomic E-state index is 0.659. The quantitative estimate of drug-likeness (QED) is 0.845. The molecule has 4 heteroatoms. The maximum atomic E-state index is 8.98. The van der Waals surface area contributed by atoms with Crippen molar-refractivity contribution >= 4 is 5.69 Å². The molecule has 0 fully saturated rings. The average Bonchev–Trinajstić information content (AvgIpc) is 2.67. The van der Waals surface area contributed by atoms with Crippen molar-refractivity contribution in [3.8, 4) is 6.07 Å². The number of hydrogen-bond acceptors (Lipinski definition) is 3. The van der Waals surface area contributed by atoms with Gasteiger partial charge in [0, 0.05) is 17.8 Å². The lowest BCUT2D eigenvalue weighted by atomic mass is 10.1. The van der Waals surface area contributed by atoms with Gasteiger partial charge in [0.25, 0.3) is 0 Å². The minimum Gasteiger partial charge on any atom is -0.380 e. The van der Waals surface area contributed by atoms with Gasteiger partial charge in [-0.3, -0.25) is 5.10 Å². The van der Waals surface area contributed by atoms with Crippen molar-refractivity contribution in [1.29, 1.82) is 5.26 Å². The number of hydrogen-bond donors (Lipinski definition) is 2. The SMILES string of the molecule is Cc1n[nH]c(C)c1CNc1ccccc1C#N. The Bertz CT molecular complexity index is 544. The van der Waals surface area contributed by atoms with Crippen LogP contribution in [0.2, 0.25) is 0 Å². The first-order valence-corrected chi connectivity index (χ1v) is 5.46. The number of aromatic amines is 1. The molecule has 86 valence electrons. The molecule has 0 amide bonds. The number of rotatable bonds is 3. The van der Waals surface area contributed by atoms with Crippen LogP contribution < -0.4 is 5.32 Å². The standard InChI is InChI=1S/C13H14N4/c1-9-12(10(2)17-16-9)8-15-13-6-4-3-5-11(13)7-14/h3-6,15H,8H2,1-2H3,(H,16,17). The van der Waals surface area contributed by atoms with Crippen molar-refractivity contribution in [1.82, 2.24) is 10.2 Å². The van der Waals surface area contributed by atoms with Gasteiger partial charge in [0.15, 0.2) is 0 Å². The summed E-state index contributed by atoms with van der Waals surface area (Å²) in [5, 5.41) is 19.3. The Kier molecular flexibility index (Phi) is 3.10. The van der Waals surface area contributed by atoms with E-state index in [2.05, 4.69) is 21.6 Å². The second-order valence-corrected chi connectivity index (χ2v) is 3.92. The van der Waals surface area contributed by atoms with Crippen molar-refractivity contribution in [2.24, 2.45) is 0 Å². The smallest absolute Gasteiger partial charge is 0.101 e. The number of H-pyrrole nitrogens is 1. The topological polar surface area (TPSA) is 64.5 Å². The first-order valence-electron chi connectivity index (χ1n) is 5.46. The minimum absolute atomic E-state index is 0.659. The molecule has 1 heterocycles. The molecule has 0 aliphatic heterocycles. The van der Waals surface area contributed by atoms with E-state index in [9.17, 15) is 0 Å². The largest absolute Gasteiger partial charge is 0.380 e. The van der Waals surface area contributed by atoms with Crippen molar-refractivity contribution < 1.29 is 0 Å². The zero-order valence-corrected chi connectivity index (χ0v) is 9.91. The van der Waals surface area contributed by atoms with Crippen molar-refractivity contribution in [2.45, 2.75) is 20.4 Å². The molecule has 0 bridgehead atoms. The Balaban J connectivity index is 2.16. The molecular weight excluding hydrogens is 212 g/mol. The van der Waals surface area contributed by atoms with Gasteiger partial charge in [0.1, 0.15) is 6.07 Å². The van der Waals surface area contributed by atoms with Gasteiger partial charge < -0.3 is 5.32 Å². The van der Waals surface area contributed by atoms with E-state index in [1.165, 1.54) is 0 Å². The van der Waals surface area contributed by atoms with E-state index in [4.69, 9.17) is 5.26 Å². The molecule has 0 aliphatic rings. The van der Waals surface area contributed by atoms with Crippen LogP contribution in [0.4, 0.5) is 5.69 Å². The van der Waals surface area contributed by atoms with E-state index in [-0.39, 0.29) is 0 Å². The molecular formula is C13H14N4. The van der Waals surface area contributed by atoms with Gasteiger partial charge in [-0.05, 0) is 26.0 Å². The number of nitrogens with one attached hydrogen (secondary N) is 2. The van der Waals surface area contributed by atoms with Crippen LogP contribution in [0.1, 0.15) is 22.5 Å². The second kappa shape index (κ2) is 4.71. The Morgan fingerprint density at radius 3 is 2.76 bits per heavy atom. The van der Waals surface area contributed by atoms with Crippen LogP contribution in [0, 0.1) is 25.2 Å². The zero-order chi connectivity index (χ0) is 12.3. The lowest BCUT2D eigenvalue weighted by Gasteiger charge is -2.07. The summed E-state index contributed by atoms with van der Waals surface area (Å²) in [6.45, 7) is 4.64. The third kappa shape index (κ3) is 2.28. The highest BCUT2D eigenvalue weighted by atomic mass is 15.1. The highest BCUT2D eigenvalue weighted by Gasteiger charge is 2.06. The lowest BCUT2D eigenvalue weighted by molar-refractivity contribution is 1.02. The molecule has 0 unspecified atom stereocenters. The molecule has 2 rings (SSSR count).